The molecule has 1 aliphatic heterocycles. The van der Waals surface area contributed by atoms with E-state index in [0.717, 1.165) is 40.9 Å². The molecular weight excluding hydrogens is 282 g/mol. The van der Waals surface area contributed by atoms with Crippen molar-refractivity contribution < 1.29 is 0 Å². The fourth-order valence-corrected chi connectivity index (χ4v) is 3.53. The first-order valence-electron chi connectivity index (χ1n) is 7.31. The van der Waals surface area contributed by atoms with Crippen LogP contribution in [0.2, 0.25) is 0 Å². The summed E-state index contributed by atoms with van der Waals surface area (Å²) in [4.78, 5) is 7.11. The SMILES string of the molecule is Cc1nc2c(cc1-c1nnc(NC(C)C)s1)CN(C)CC2. The van der Waals surface area contributed by atoms with Crippen LogP contribution >= 0.6 is 11.3 Å². The Morgan fingerprint density at radius 2 is 2.14 bits per heavy atom. The number of likely N-dealkylation sites (N-methyl/N-ethyl adjacent to an activating group) is 1. The van der Waals surface area contributed by atoms with Gasteiger partial charge in [-0.1, -0.05) is 11.3 Å². The van der Waals surface area contributed by atoms with Crippen molar-refractivity contribution in [3.63, 3.8) is 0 Å². The van der Waals surface area contributed by atoms with Crippen molar-refractivity contribution in [3.8, 4) is 10.6 Å². The van der Waals surface area contributed by atoms with E-state index < -0.39 is 0 Å². The lowest BCUT2D eigenvalue weighted by Crippen LogP contribution is -2.27. The zero-order chi connectivity index (χ0) is 15.0. The second-order valence-corrected chi connectivity index (χ2v) is 6.90. The van der Waals surface area contributed by atoms with Gasteiger partial charge in [-0.05, 0) is 39.4 Å². The maximum absolute atomic E-state index is 4.79. The third-order valence-electron chi connectivity index (χ3n) is 3.62. The Morgan fingerprint density at radius 1 is 1.33 bits per heavy atom. The average molecular weight is 303 g/mol. The van der Waals surface area contributed by atoms with Gasteiger partial charge in [0.2, 0.25) is 5.13 Å². The number of nitrogens with zero attached hydrogens (tertiary/aromatic N) is 4. The van der Waals surface area contributed by atoms with Crippen LogP contribution in [0.15, 0.2) is 6.07 Å². The molecule has 0 aromatic carbocycles. The second-order valence-electron chi connectivity index (χ2n) is 5.93. The second kappa shape index (κ2) is 5.69. The highest BCUT2D eigenvalue weighted by molar-refractivity contribution is 7.18. The van der Waals surface area contributed by atoms with Crippen LogP contribution in [0.1, 0.15) is 30.8 Å². The number of fused-ring (bicyclic) bond motifs is 1. The molecule has 2 aromatic heterocycles. The van der Waals surface area contributed by atoms with Gasteiger partial charge in [0, 0.05) is 42.5 Å². The minimum absolute atomic E-state index is 0.363. The first kappa shape index (κ1) is 14.4. The van der Waals surface area contributed by atoms with Crippen LogP contribution in [0.4, 0.5) is 5.13 Å². The van der Waals surface area contributed by atoms with Gasteiger partial charge in [-0.25, -0.2) is 0 Å². The molecule has 0 unspecified atom stereocenters. The summed E-state index contributed by atoms with van der Waals surface area (Å²) in [6.45, 7) is 8.31. The van der Waals surface area contributed by atoms with Gasteiger partial charge in [-0.15, -0.1) is 10.2 Å². The number of nitrogens with one attached hydrogen (secondary N) is 1. The molecule has 0 saturated heterocycles. The third kappa shape index (κ3) is 3.06. The fraction of sp³-hybridized carbons (Fsp3) is 0.533. The molecule has 21 heavy (non-hydrogen) atoms. The fourth-order valence-electron chi connectivity index (χ4n) is 2.57. The molecule has 3 heterocycles. The quantitative estimate of drug-likeness (QED) is 0.945. The molecule has 3 rings (SSSR count). The molecule has 5 nitrogen and oxygen atoms in total. The van der Waals surface area contributed by atoms with Crippen LogP contribution in [0.5, 0.6) is 0 Å². The lowest BCUT2D eigenvalue weighted by atomic mass is 10.0. The van der Waals surface area contributed by atoms with Gasteiger partial charge in [0.1, 0.15) is 0 Å². The number of hydrogen-bond donors (Lipinski definition) is 1. The lowest BCUT2D eigenvalue weighted by Gasteiger charge is -2.25. The Labute approximate surface area is 129 Å². The molecule has 112 valence electrons. The van der Waals surface area contributed by atoms with E-state index in [-0.39, 0.29) is 0 Å². The van der Waals surface area contributed by atoms with E-state index >= 15 is 0 Å². The highest BCUT2D eigenvalue weighted by Gasteiger charge is 2.18. The molecular formula is C15H21N5S. The first-order chi connectivity index (χ1) is 10.0. The Bertz CT molecular complexity index is 650. The van der Waals surface area contributed by atoms with E-state index in [1.807, 2.05) is 0 Å². The van der Waals surface area contributed by atoms with Crippen LogP contribution in [0.25, 0.3) is 10.6 Å². The van der Waals surface area contributed by atoms with E-state index in [0.29, 0.717) is 6.04 Å². The molecule has 1 N–H and O–H groups in total. The summed E-state index contributed by atoms with van der Waals surface area (Å²) in [6.07, 6.45) is 1.03. The Morgan fingerprint density at radius 3 is 2.90 bits per heavy atom. The molecule has 0 fully saturated rings. The van der Waals surface area contributed by atoms with Gasteiger partial charge in [-0.3, -0.25) is 4.98 Å². The summed E-state index contributed by atoms with van der Waals surface area (Å²) < 4.78 is 0. The van der Waals surface area contributed by atoms with E-state index in [9.17, 15) is 0 Å². The molecule has 0 spiro atoms. The maximum atomic E-state index is 4.79. The summed E-state index contributed by atoms with van der Waals surface area (Å²) in [5.41, 5.74) is 4.71. The molecule has 0 aliphatic carbocycles. The minimum atomic E-state index is 0.363. The highest BCUT2D eigenvalue weighted by Crippen LogP contribution is 2.31. The van der Waals surface area contributed by atoms with Gasteiger partial charge >= 0.3 is 0 Å². The summed E-state index contributed by atoms with van der Waals surface area (Å²) in [6, 6.07) is 2.61. The predicted octanol–water partition coefficient (Wildman–Crippen LogP) is 2.72. The van der Waals surface area contributed by atoms with Crippen molar-refractivity contribution in [1.82, 2.24) is 20.1 Å². The smallest absolute Gasteiger partial charge is 0.206 e. The molecule has 1 aliphatic rings. The summed E-state index contributed by atoms with van der Waals surface area (Å²) in [7, 11) is 2.15. The average Bonchev–Trinajstić information content (AvgIpc) is 2.86. The molecule has 0 radical (unpaired) electrons. The van der Waals surface area contributed by atoms with E-state index in [2.05, 4.69) is 54.3 Å². The number of pyridine rings is 1. The van der Waals surface area contributed by atoms with Crippen LogP contribution in [0.3, 0.4) is 0 Å². The van der Waals surface area contributed by atoms with Crippen molar-refractivity contribution in [2.75, 3.05) is 18.9 Å². The van der Waals surface area contributed by atoms with Crippen LogP contribution < -0.4 is 5.32 Å². The van der Waals surface area contributed by atoms with Gasteiger partial charge < -0.3 is 10.2 Å². The van der Waals surface area contributed by atoms with Crippen LogP contribution in [0, 0.1) is 6.92 Å². The minimum Gasteiger partial charge on any atom is -0.358 e. The van der Waals surface area contributed by atoms with E-state index in [1.165, 1.54) is 11.3 Å². The number of rotatable bonds is 3. The number of aromatic nitrogens is 3. The number of aryl methyl sites for hydroxylation is 1. The summed E-state index contributed by atoms with van der Waals surface area (Å²) in [5.74, 6) is 0. The summed E-state index contributed by atoms with van der Waals surface area (Å²) in [5, 5.41) is 13.7. The predicted molar refractivity (Wildman–Crippen MR) is 86.7 cm³/mol. The molecule has 6 heteroatoms. The van der Waals surface area contributed by atoms with Crippen molar-refractivity contribution in [2.45, 2.75) is 39.8 Å². The summed E-state index contributed by atoms with van der Waals surface area (Å²) >= 11 is 1.59. The molecule has 2 aromatic rings. The zero-order valence-corrected chi connectivity index (χ0v) is 13.8. The van der Waals surface area contributed by atoms with Crippen LogP contribution in [-0.4, -0.2) is 39.7 Å². The molecule has 0 atom stereocenters. The van der Waals surface area contributed by atoms with E-state index in [4.69, 9.17) is 4.98 Å². The van der Waals surface area contributed by atoms with Gasteiger partial charge in [0.25, 0.3) is 0 Å². The number of hydrogen-bond acceptors (Lipinski definition) is 6. The largest absolute Gasteiger partial charge is 0.358 e. The van der Waals surface area contributed by atoms with Crippen molar-refractivity contribution in [3.05, 3.63) is 23.0 Å². The van der Waals surface area contributed by atoms with Crippen molar-refractivity contribution >= 4 is 16.5 Å². The van der Waals surface area contributed by atoms with Crippen molar-refractivity contribution in [1.29, 1.82) is 0 Å². The van der Waals surface area contributed by atoms with Crippen LogP contribution in [-0.2, 0) is 13.0 Å². The molecule has 0 bridgehead atoms. The highest BCUT2D eigenvalue weighted by atomic mass is 32.1. The first-order valence-corrected chi connectivity index (χ1v) is 8.13. The molecule has 0 saturated carbocycles. The lowest BCUT2D eigenvalue weighted by molar-refractivity contribution is 0.310. The monoisotopic (exact) mass is 303 g/mol. The molecule has 0 amide bonds. The maximum Gasteiger partial charge on any atom is 0.206 e. The standard InChI is InChI=1S/C15H21N5S/c1-9(2)16-15-19-18-14(21-15)12-7-11-8-20(4)6-5-13(11)17-10(12)3/h7,9H,5-6,8H2,1-4H3,(H,16,19). The third-order valence-corrected chi connectivity index (χ3v) is 4.51. The zero-order valence-electron chi connectivity index (χ0n) is 13.0. The Balaban J connectivity index is 1.95. The Hall–Kier alpha value is -1.53. The van der Waals surface area contributed by atoms with Gasteiger partial charge in [0.15, 0.2) is 5.01 Å². The van der Waals surface area contributed by atoms with Crippen molar-refractivity contribution in [2.24, 2.45) is 0 Å². The van der Waals surface area contributed by atoms with Gasteiger partial charge in [-0.2, -0.15) is 0 Å². The Kier molecular flexibility index (Phi) is 3.91. The number of anilines is 1. The topological polar surface area (TPSA) is 53.9 Å². The normalized spacial score (nSPS) is 15.3. The van der Waals surface area contributed by atoms with E-state index in [1.54, 1.807) is 11.3 Å². The van der Waals surface area contributed by atoms with Gasteiger partial charge in [0.05, 0.1) is 0 Å².